The average molecular weight is 298 g/mol. The molecule has 0 saturated heterocycles. The van der Waals surface area contributed by atoms with Gasteiger partial charge in [0.2, 0.25) is 0 Å². The second kappa shape index (κ2) is 5.88. The van der Waals surface area contributed by atoms with Gasteiger partial charge in [0, 0.05) is 11.1 Å². The molecule has 4 N–H and O–H groups in total. The van der Waals surface area contributed by atoms with Gasteiger partial charge in [-0.2, -0.15) is 0 Å². The van der Waals surface area contributed by atoms with Gasteiger partial charge >= 0.3 is 5.97 Å². The number of rotatable bonds is 6. The van der Waals surface area contributed by atoms with Gasteiger partial charge in [-0.3, -0.25) is 4.79 Å². The fraction of sp³-hybridized carbons (Fsp3) is 0.941. The van der Waals surface area contributed by atoms with Gasteiger partial charge in [-0.05, 0) is 73.1 Å². The Hall–Kier alpha value is -0.610. The maximum Gasteiger partial charge on any atom is 0.314 e. The minimum Gasteiger partial charge on any atom is -0.459 e. The van der Waals surface area contributed by atoms with Crippen molar-refractivity contribution in [1.29, 1.82) is 0 Å². The molecule has 0 aromatic heterocycles. The molecule has 4 heteroatoms. The lowest BCUT2D eigenvalue weighted by atomic mass is 9.67. The van der Waals surface area contributed by atoms with E-state index in [9.17, 15) is 4.79 Å². The molecule has 4 nitrogen and oxygen atoms in total. The van der Waals surface area contributed by atoms with Gasteiger partial charge in [-0.1, -0.05) is 6.92 Å². The Kier molecular flexibility index (Phi) is 5.16. The van der Waals surface area contributed by atoms with Gasteiger partial charge in [0.15, 0.2) is 0 Å². The molecule has 1 aliphatic carbocycles. The van der Waals surface area contributed by atoms with Crippen LogP contribution in [0, 0.1) is 5.41 Å². The molecule has 1 aliphatic rings. The molecule has 0 amide bonds. The van der Waals surface area contributed by atoms with E-state index in [-0.39, 0.29) is 11.6 Å². The summed E-state index contributed by atoms with van der Waals surface area (Å²) in [4.78, 5) is 13.0. The molecular formula is C17H34N2O2. The van der Waals surface area contributed by atoms with Crippen LogP contribution in [0.25, 0.3) is 0 Å². The first kappa shape index (κ1) is 18.4. The zero-order valence-electron chi connectivity index (χ0n) is 14.7. The van der Waals surface area contributed by atoms with E-state index in [2.05, 4.69) is 6.92 Å². The smallest absolute Gasteiger partial charge is 0.314 e. The second-order valence-electron chi connectivity index (χ2n) is 8.35. The van der Waals surface area contributed by atoms with Crippen LogP contribution in [0.15, 0.2) is 0 Å². The summed E-state index contributed by atoms with van der Waals surface area (Å²) in [6.07, 6.45) is 5.55. The van der Waals surface area contributed by atoms with Crippen LogP contribution >= 0.6 is 0 Å². The van der Waals surface area contributed by atoms with Crippen molar-refractivity contribution >= 4 is 5.97 Å². The van der Waals surface area contributed by atoms with Gasteiger partial charge in [0.25, 0.3) is 0 Å². The minimum absolute atomic E-state index is 0.197. The van der Waals surface area contributed by atoms with Crippen LogP contribution in [0.5, 0.6) is 0 Å². The molecule has 0 radical (unpaired) electrons. The number of carbonyl (C=O) groups excluding carboxylic acids is 1. The fourth-order valence-electron chi connectivity index (χ4n) is 3.33. The van der Waals surface area contributed by atoms with E-state index in [1.165, 1.54) is 0 Å². The zero-order valence-corrected chi connectivity index (χ0v) is 14.7. The quantitative estimate of drug-likeness (QED) is 0.738. The summed E-state index contributed by atoms with van der Waals surface area (Å²) in [7, 11) is 0. The molecule has 0 aromatic carbocycles. The molecule has 21 heavy (non-hydrogen) atoms. The van der Waals surface area contributed by atoms with E-state index < -0.39 is 16.5 Å². The first-order valence-electron chi connectivity index (χ1n) is 8.16. The molecule has 1 unspecified atom stereocenters. The molecule has 1 atom stereocenters. The van der Waals surface area contributed by atoms with Gasteiger partial charge in [0.1, 0.15) is 5.60 Å². The van der Waals surface area contributed by atoms with Gasteiger partial charge in [-0.15, -0.1) is 0 Å². The monoisotopic (exact) mass is 298 g/mol. The van der Waals surface area contributed by atoms with E-state index in [0.717, 1.165) is 32.1 Å². The number of nitrogens with two attached hydrogens (primary N) is 2. The molecule has 1 fully saturated rings. The van der Waals surface area contributed by atoms with Crippen molar-refractivity contribution in [3.05, 3.63) is 0 Å². The molecule has 0 aliphatic heterocycles. The van der Waals surface area contributed by atoms with Crippen molar-refractivity contribution in [3.63, 3.8) is 0 Å². The van der Waals surface area contributed by atoms with E-state index in [1.54, 1.807) is 0 Å². The van der Waals surface area contributed by atoms with E-state index in [0.29, 0.717) is 6.42 Å². The molecule has 1 rings (SSSR count). The van der Waals surface area contributed by atoms with Crippen molar-refractivity contribution in [1.82, 2.24) is 0 Å². The number of hydrogen-bond acceptors (Lipinski definition) is 4. The Morgan fingerprint density at radius 3 is 1.90 bits per heavy atom. The van der Waals surface area contributed by atoms with Crippen molar-refractivity contribution in [3.8, 4) is 0 Å². The predicted octanol–water partition coefficient (Wildman–Crippen LogP) is 3.12. The maximum absolute atomic E-state index is 13.0. The Labute approximate surface area is 130 Å². The summed E-state index contributed by atoms with van der Waals surface area (Å²) in [6, 6.07) is 0. The van der Waals surface area contributed by atoms with E-state index in [1.807, 2.05) is 34.6 Å². The summed E-state index contributed by atoms with van der Waals surface area (Å²) in [5.74, 6) is -0.197. The lowest BCUT2D eigenvalue weighted by Gasteiger charge is -2.44. The molecule has 0 spiro atoms. The van der Waals surface area contributed by atoms with Crippen LogP contribution in [0.2, 0.25) is 0 Å². The Bertz CT molecular complexity index is 373. The van der Waals surface area contributed by atoms with Crippen LogP contribution in [-0.4, -0.2) is 22.6 Å². The van der Waals surface area contributed by atoms with Crippen molar-refractivity contribution in [2.45, 2.75) is 96.7 Å². The van der Waals surface area contributed by atoms with Crippen LogP contribution in [0.1, 0.15) is 80.1 Å². The molecule has 0 bridgehead atoms. The fourth-order valence-corrected chi connectivity index (χ4v) is 3.33. The number of hydrogen-bond donors (Lipinski definition) is 2. The average Bonchev–Trinajstić information content (AvgIpc) is 2.74. The Morgan fingerprint density at radius 2 is 1.57 bits per heavy atom. The zero-order chi connectivity index (χ0) is 16.5. The highest BCUT2D eigenvalue weighted by atomic mass is 16.6. The predicted molar refractivity (Wildman–Crippen MR) is 86.8 cm³/mol. The number of carbonyl (C=O) groups is 1. The summed E-state index contributed by atoms with van der Waals surface area (Å²) in [5, 5.41) is 0. The highest BCUT2D eigenvalue weighted by molar-refractivity contribution is 5.78. The molecule has 1 saturated carbocycles. The number of esters is 1. The SMILES string of the molecule is CCC1(OC(=O)C(C)(CC(C)(C)N)C(C)(C)N)CCCC1. The standard InChI is InChI=1S/C17H34N2O2/c1-7-17(10-8-9-11-17)21-13(20)16(6,15(4,5)19)12-14(2,3)18/h7-12,18-19H2,1-6H3. The van der Waals surface area contributed by atoms with Gasteiger partial charge < -0.3 is 16.2 Å². The largest absolute Gasteiger partial charge is 0.459 e. The third-order valence-electron chi connectivity index (χ3n) is 5.15. The third-order valence-corrected chi connectivity index (χ3v) is 5.15. The lowest BCUT2D eigenvalue weighted by Crippen LogP contribution is -2.59. The summed E-state index contributed by atoms with van der Waals surface area (Å²) in [6.45, 7) is 11.6. The van der Waals surface area contributed by atoms with Crippen LogP contribution < -0.4 is 11.5 Å². The van der Waals surface area contributed by atoms with Crippen molar-refractivity contribution in [2.24, 2.45) is 16.9 Å². The second-order valence-corrected chi connectivity index (χ2v) is 8.35. The third kappa shape index (κ3) is 4.19. The molecular weight excluding hydrogens is 264 g/mol. The first-order valence-corrected chi connectivity index (χ1v) is 8.16. The Balaban J connectivity index is 3.01. The Morgan fingerprint density at radius 1 is 1.10 bits per heavy atom. The van der Waals surface area contributed by atoms with Crippen LogP contribution in [0.3, 0.4) is 0 Å². The van der Waals surface area contributed by atoms with E-state index in [4.69, 9.17) is 16.2 Å². The maximum atomic E-state index is 13.0. The van der Waals surface area contributed by atoms with Crippen molar-refractivity contribution < 1.29 is 9.53 Å². The van der Waals surface area contributed by atoms with Crippen molar-refractivity contribution in [2.75, 3.05) is 0 Å². The normalized spacial score (nSPS) is 21.9. The highest BCUT2D eigenvalue weighted by Crippen LogP contribution is 2.42. The molecule has 124 valence electrons. The van der Waals surface area contributed by atoms with Gasteiger partial charge in [0.05, 0.1) is 5.41 Å². The molecule has 0 aromatic rings. The topological polar surface area (TPSA) is 78.3 Å². The lowest BCUT2D eigenvalue weighted by molar-refractivity contribution is -0.177. The van der Waals surface area contributed by atoms with Crippen LogP contribution in [0.4, 0.5) is 0 Å². The first-order chi connectivity index (χ1) is 9.35. The van der Waals surface area contributed by atoms with E-state index >= 15 is 0 Å². The summed E-state index contributed by atoms with van der Waals surface area (Å²) < 4.78 is 6.01. The number of ether oxygens (including phenoxy) is 1. The summed E-state index contributed by atoms with van der Waals surface area (Å²) in [5.41, 5.74) is 10.2. The highest BCUT2D eigenvalue weighted by Gasteiger charge is 2.51. The van der Waals surface area contributed by atoms with Crippen LogP contribution in [-0.2, 0) is 9.53 Å². The minimum atomic E-state index is -0.796. The summed E-state index contributed by atoms with van der Waals surface area (Å²) >= 11 is 0. The molecule has 0 heterocycles. The van der Waals surface area contributed by atoms with Gasteiger partial charge in [-0.25, -0.2) is 0 Å².